The van der Waals surface area contributed by atoms with Crippen molar-refractivity contribution >= 4 is 0 Å². The molecule has 100 valence electrons. The Balaban J connectivity index is 1.95. The first kappa shape index (κ1) is 13.3. The van der Waals surface area contributed by atoms with Crippen LogP contribution in [0.5, 0.6) is 5.88 Å². The SMILES string of the molecule is CNCc1ccc(OC2CCN(C)CC2)nc1C. The lowest BCUT2D eigenvalue weighted by Gasteiger charge is -2.29. The summed E-state index contributed by atoms with van der Waals surface area (Å²) < 4.78 is 5.96. The van der Waals surface area contributed by atoms with E-state index in [2.05, 4.69) is 28.3 Å². The van der Waals surface area contributed by atoms with Crippen molar-refractivity contribution in [1.29, 1.82) is 0 Å². The molecule has 18 heavy (non-hydrogen) atoms. The van der Waals surface area contributed by atoms with E-state index in [1.807, 2.05) is 20.0 Å². The number of ether oxygens (including phenoxy) is 1. The van der Waals surface area contributed by atoms with Crippen molar-refractivity contribution in [3.63, 3.8) is 0 Å². The second-order valence-electron chi connectivity index (χ2n) is 5.04. The molecule has 4 nitrogen and oxygen atoms in total. The van der Waals surface area contributed by atoms with Crippen LogP contribution in [0.1, 0.15) is 24.1 Å². The summed E-state index contributed by atoms with van der Waals surface area (Å²) in [4.78, 5) is 6.87. The molecular weight excluding hydrogens is 226 g/mol. The van der Waals surface area contributed by atoms with E-state index in [-0.39, 0.29) is 0 Å². The lowest BCUT2D eigenvalue weighted by atomic mass is 10.1. The van der Waals surface area contributed by atoms with Crippen LogP contribution in [-0.4, -0.2) is 43.2 Å². The van der Waals surface area contributed by atoms with Gasteiger partial charge in [0.25, 0.3) is 0 Å². The smallest absolute Gasteiger partial charge is 0.213 e. The Morgan fingerprint density at radius 1 is 1.39 bits per heavy atom. The Labute approximate surface area is 109 Å². The fraction of sp³-hybridized carbons (Fsp3) is 0.643. The summed E-state index contributed by atoms with van der Waals surface area (Å²) in [5.74, 6) is 0.766. The summed E-state index contributed by atoms with van der Waals surface area (Å²) >= 11 is 0. The first-order valence-electron chi connectivity index (χ1n) is 6.65. The largest absolute Gasteiger partial charge is 0.474 e. The van der Waals surface area contributed by atoms with Gasteiger partial charge in [-0.2, -0.15) is 0 Å². The van der Waals surface area contributed by atoms with E-state index < -0.39 is 0 Å². The fourth-order valence-electron chi connectivity index (χ4n) is 2.28. The molecule has 0 bridgehead atoms. The third-order valence-corrected chi connectivity index (χ3v) is 3.49. The maximum Gasteiger partial charge on any atom is 0.213 e. The van der Waals surface area contributed by atoms with Gasteiger partial charge >= 0.3 is 0 Å². The summed E-state index contributed by atoms with van der Waals surface area (Å²) in [6, 6.07) is 4.08. The quantitative estimate of drug-likeness (QED) is 0.879. The number of pyridine rings is 1. The lowest BCUT2D eigenvalue weighted by Crippen LogP contribution is -2.35. The maximum absolute atomic E-state index is 5.96. The Hall–Kier alpha value is -1.13. The summed E-state index contributed by atoms with van der Waals surface area (Å²) in [6.45, 7) is 5.12. The van der Waals surface area contributed by atoms with Gasteiger partial charge in [-0.25, -0.2) is 4.98 Å². The topological polar surface area (TPSA) is 37.4 Å². The first-order chi connectivity index (χ1) is 8.69. The number of aromatic nitrogens is 1. The number of rotatable bonds is 4. The molecule has 1 fully saturated rings. The zero-order valence-corrected chi connectivity index (χ0v) is 11.6. The van der Waals surface area contributed by atoms with E-state index in [4.69, 9.17) is 4.74 Å². The van der Waals surface area contributed by atoms with Crippen LogP contribution >= 0.6 is 0 Å². The second kappa shape index (κ2) is 6.16. The number of hydrogen-bond donors (Lipinski definition) is 1. The second-order valence-corrected chi connectivity index (χ2v) is 5.04. The number of likely N-dealkylation sites (tertiary alicyclic amines) is 1. The first-order valence-corrected chi connectivity index (χ1v) is 6.65. The molecule has 0 saturated carbocycles. The molecule has 0 spiro atoms. The Morgan fingerprint density at radius 3 is 2.72 bits per heavy atom. The van der Waals surface area contributed by atoms with Crippen molar-refractivity contribution in [3.8, 4) is 5.88 Å². The highest BCUT2D eigenvalue weighted by molar-refractivity contribution is 5.25. The molecule has 2 heterocycles. The zero-order valence-electron chi connectivity index (χ0n) is 11.6. The molecule has 4 heteroatoms. The minimum Gasteiger partial charge on any atom is -0.474 e. The molecule has 1 aromatic rings. The molecule has 1 aliphatic heterocycles. The molecule has 1 aromatic heterocycles. The van der Waals surface area contributed by atoms with Crippen molar-refractivity contribution in [2.45, 2.75) is 32.4 Å². The highest BCUT2D eigenvalue weighted by Crippen LogP contribution is 2.18. The Morgan fingerprint density at radius 2 is 2.11 bits per heavy atom. The highest BCUT2D eigenvalue weighted by Gasteiger charge is 2.18. The van der Waals surface area contributed by atoms with Crippen molar-refractivity contribution < 1.29 is 4.74 Å². The molecule has 0 unspecified atom stereocenters. The Bertz CT molecular complexity index is 387. The average Bonchev–Trinajstić information content (AvgIpc) is 2.36. The van der Waals surface area contributed by atoms with Crippen molar-refractivity contribution in [3.05, 3.63) is 23.4 Å². The monoisotopic (exact) mass is 249 g/mol. The molecule has 0 radical (unpaired) electrons. The molecule has 1 saturated heterocycles. The molecular formula is C14H23N3O. The fourth-order valence-corrected chi connectivity index (χ4v) is 2.28. The van der Waals surface area contributed by atoms with Gasteiger partial charge in [0.1, 0.15) is 6.10 Å². The van der Waals surface area contributed by atoms with Crippen LogP contribution in [-0.2, 0) is 6.54 Å². The van der Waals surface area contributed by atoms with Crippen LogP contribution in [0.2, 0.25) is 0 Å². The van der Waals surface area contributed by atoms with E-state index in [0.29, 0.717) is 6.10 Å². The molecule has 0 aromatic carbocycles. The summed E-state index contributed by atoms with van der Waals surface area (Å²) in [6.07, 6.45) is 2.51. The van der Waals surface area contributed by atoms with Crippen LogP contribution in [0.4, 0.5) is 0 Å². The minimum absolute atomic E-state index is 0.322. The molecule has 0 atom stereocenters. The van der Waals surface area contributed by atoms with Crippen LogP contribution in [0.3, 0.4) is 0 Å². The van der Waals surface area contributed by atoms with Gasteiger partial charge in [0.2, 0.25) is 5.88 Å². The number of nitrogens with zero attached hydrogens (tertiary/aromatic N) is 2. The van der Waals surface area contributed by atoms with E-state index in [0.717, 1.165) is 44.0 Å². The van der Waals surface area contributed by atoms with E-state index >= 15 is 0 Å². The molecule has 0 amide bonds. The molecule has 0 aliphatic carbocycles. The third kappa shape index (κ3) is 3.43. The van der Waals surface area contributed by atoms with Gasteiger partial charge in [0.15, 0.2) is 0 Å². The molecule has 1 N–H and O–H groups in total. The average molecular weight is 249 g/mol. The van der Waals surface area contributed by atoms with E-state index in [1.54, 1.807) is 0 Å². The predicted molar refractivity (Wildman–Crippen MR) is 72.9 cm³/mol. The zero-order chi connectivity index (χ0) is 13.0. The minimum atomic E-state index is 0.322. The maximum atomic E-state index is 5.96. The molecule has 1 aliphatic rings. The van der Waals surface area contributed by atoms with E-state index in [9.17, 15) is 0 Å². The van der Waals surface area contributed by atoms with Crippen LogP contribution in [0.15, 0.2) is 12.1 Å². The van der Waals surface area contributed by atoms with Gasteiger partial charge in [-0.3, -0.25) is 0 Å². The summed E-state index contributed by atoms with van der Waals surface area (Å²) in [5, 5.41) is 3.14. The predicted octanol–water partition coefficient (Wildman–Crippen LogP) is 1.58. The number of nitrogens with one attached hydrogen (secondary N) is 1. The number of aryl methyl sites for hydroxylation is 1. The normalized spacial score (nSPS) is 17.9. The third-order valence-electron chi connectivity index (χ3n) is 3.49. The van der Waals surface area contributed by atoms with Crippen molar-refractivity contribution in [1.82, 2.24) is 15.2 Å². The number of hydrogen-bond acceptors (Lipinski definition) is 4. The standard InChI is InChI=1S/C14H23N3O/c1-11-12(10-15-2)4-5-14(16-11)18-13-6-8-17(3)9-7-13/h4-5,13,15H,6-10H2,1-3H3. The van der Waals surface area contributed by atoms with Gasteiger partial charge in [-0.1, -0.05) is 6.07 Å². The van der Waals surface area contributed by atoms with Crippen molar-refractivity contribution in [2.75, 3.05) is 27.2 Å². The van der Waals surface area contributed by atoms with Gasteiger partial charge in [-0.05, 0) is 39.4 Å². The van der Waals surface area contributed by atoms with Crippen LogP contribution in [0, 0.1) is 6.92 Å². The number of piperidine rings is 1. The van der Waals surface area contributed by atoms with Gasteiger partial charge in [0, 0.05) is 31.4 Å². The lowest BCUT2D eigenvalue weighted by molar-refractivity contribution is 0.110. The Kier molecular flexibility index (Phi) is 4.55. The summed E-state index contributed by atoms with van der Waals surface area (Å²) in [5.41, 5.74) is 2.28. The van der Waals surface area contributed by atoms with Crippen LogP contribution < -0.4 is 10.1 Å². The molecule has 2 rings (SSSR count). The van der Waals surface area contributed by atoms with Crippen LogP contribution in [0.25, 0.3) is 0 Å². The van der Waals surface area contributed by atoms with E-state index in [1.165, 1.54) is 5.56 Å². The highest BCUT2D eigenvalue weighted by atomic mass is 16.5. The van der Waals surface area contributed by atoms with Gasteiger partial charge in [0.05, 0.1) is 0 Å². The van der Waals surface area contributed by atoms with Crippen molar-refractivity contribution in [2.24, 2.45) is 0 Å². The summed E-state index contributed by atoms with van der Waals surface area (Å²) in [7, 11) is 4.10. The van der Waals surface area contributed by atoms with Gasteiger partial charge < -0.3 is 15.0 Å². The van der Waals surface area contributed by atoms with Gasteiger partial charge in [-0.15, -0.1) is 0 Å².